The molecule has 0 saturated carbocycles. The zero-order valence-electron chi connectivity index (χ0n) is 18.2. The van der Waals surface area contributed by atoms with E-state index in [2.05, 4.69) is 10.2 Å². The van der Waals surface area contributed by atoms with Crippen molar-refractivity contribution in [3.05, 3.63) is 88.3 Å². The van der Waals surface area contributed by atoms with E-state index in [1.54, 1.807) is 12.3 Å². The van der Waals surface area contributed by atoms with Crippen molar-refractivity contribution >= 4 is 5.91 Å². The van der Waals surface area contributed by atoms with Gasteiger partial charge in [-0.15, -0.1) is 0 Å². The van der Waals surface area contributed by atoms with Crippen LogP contribution in [0.25, 0.3) is 5.69 Å². The molecule has 3 aromatic rings. The molecule has 0 aliphatic carbocycles. The van der Waals surface area contributed by atoms with Crippen LogP contribution in [0.2, 0.25) is 0 Å². The number of aryl methyl sites for hydroxylation is 1. The number of nitrogens with zero attached hydrogens (tertiary/aromatic N) is 2. The maximum absolute atomic E-state index is 12.9. The van der Waals surface area contributed by atoms with E-state index in [9.17, 15) is 9.59 Å². The normalized spacial score (nSPS) is 21.8. The number of pyridine rings is 1. The number of hydrogen-bond acceptors (Lipinski definition) is 4. The van der Waals surface area contributed by atoms with Gasteiger partial charge in [-0.25, -0.2) is 0 Å². The first-order valence-electron chi connectivity index (χ1n) is 11.2. The van der Waals surface area contributed by atoms with Crippen LogP contribution in [0.15, 0.2) is 71.7 Å². The van der Waals surface area contributed by atoms with E-state index in [4.69, 9.17) is 4.74 Å². The molecule has 3 aliphatic rings. The molecule has 4 heterocycles. The van der Waals surface area contributed by atoms with E-state index < -0.39 is 0 Å². The molecule has 3 fully saturated rings. The summed E-state index contributed by atoms with van der Waals surface area (Å²) in [6.45, 7) is 5.21. The lowest BCUT2D eigenvalue weighted by atomic mass is 9.84. The largest absolute Gasteiger partial charge is 0.457 e. The molecule has 1 N–H and O–H groups in total. The summed E-state index contributed by atoms with van der Waals surface area (Å²) >= 11 is 0. The van der Waals surface area contributed by atoms with Crippen LogP contribution in [0.4, 0.5) is 0 Å². The quantitative estimate of drug-likeness (QED) is 0.671. The Balaban J connectivity index is 1.31. The molecular weight excluding hydrogens is 402 g/mol. The molecule has 6 nitrogen and oxygen atoms in total. The van der Waals surface area contributed by atoms with Crippen molar-refractivity contribution in [1.29, 1.82) is 0 Å². The van der Waals surface area contributed by atoms with Crippen molar-refractivity contribution in [1.82, 2.24) is 14.8 Å². The number of fused-ring (bicyclic) bond motifs is 3. The summed E-state index contributed by atoms with van der Waals surface area (Å²) in [5, 5.41) is 3.19. The summed E-state index contributed by atoms with van der Waals surface area (Å²) in [4.78, 5) is 27.8. The van der Waals surface area contributed by atoms with Crippen LogP contribution >= 0.6 is 0 Å². The molecule has 1 aromatic heterocycles. The number of aromatic nitrogens is 1. The van der Waals surface area contributed by atoms with Crippen LogP contribution in [0, 0.1) is 12.8 Å². The molecule has 0 radical (unpaired) electrons. The van der Waals surface area contributed by atoms with E-state index in [1.807, 2.05) is 55.5 Å². The summed E-state index contributed by atoms with van der Waals surface area (Å²) in [7, 11) is 0. The molecule has 0 spiro atoms. The molecule has 1 atom stereocenters. The summed E-state index contributed by atoms with van der Waals surface area (Å²) in [6.07, 6.45) is 3.90. The van der Waals surface area contributed by atoms with Gasteiger partial charge in [0.1, 0.15) is 11.5 Å². The van der Waals surface area contributed by atoms with Crippen molar-refractivity contribution in [2.24, 2.45) is 5.92 Å². The zero-order valence-corrected chi connectivity index (χ0v) is 18.2. The van der Waals surface area contributed by atoms with Gasteiger partial charge in [0.05, 0.1) is 5.56 Å². The molecule has 32 heavy (non-hydrogen) atoms. The van der Waals surface area contributed by atoms with Crippen LogP contribution < -0.4 is 15.6 Å². The number of rotatable bonds is 5. The number of benzene rings is 2. The maximum atomic E-state index is 12.9. The number of hydrogen-bond donors (Lipinski definition) is 1. The van der Waals surface area contributed by atoms with Crippen LogP contribution in [0.5, 0.6) is 11.5 Å². The highest BCUT2D eigenvalue weighted by molar-refractivity contribution is 5.94. The van der Waals surface area contributed by atoms with E-state index in [0.717, 1.165) is 38.2 Å². The van der Waals surface area contributed by atoms with Gasteiger partial charge in [0.25, 0.3) is 11.5 Å². The Morgan fingerprint density at radius 3 is 2.22 bits per heavy atom. The Labute approximate surface area is 187 Å². The molecule has 2 aromatic carbocycles. The molecule has 6 heteroatoms. The summed E-state index contributed by atoms with van der Waals surface area (Å²) in [5.74, 6) is 1.86. The van der Waals surface area contributed by atoms with E-state index >= 15 is 0 Å². The second-order valence-electron chi connectivity index (χ2n) is 8.75. The van der Waals surface area contributed by atoms with Crippen LogP contribution in [-0.4, -0.2) is 41.1 Å². The average molecular weight is 430 g/mol. The fraction of sp³-hybridized carbons (Fsp3) is 0.308. The minimum Gasteiger partial charge on any atom is -0.457 e. The van der Waals surface area contributed by atoms with Crippen molar-refractivity contribution in [2.45, 2.75) is 25.8 Å². The van der Waals surface area contributed by atoms with Gasteiger partial charge in [0.2, 0.25) is 0 Å². The standard InChI is InChI=1S/C26H27N3O3/c1-18-2-7-22(8-3-18)32-23-9-5-21(6-10-23)29-16-20(4-11-25(29)30)26(31)27-24-17-28-14-12-19(24)13-15-28/h2-11,16,19,24H,12-15,17H2,1H3,(H,27,31). The second-order valence-corrected chi connectivity index (χ2v) is 8.75. The van der Waals surface area contributed by atoms with Crippen molar-refractivity contribution in [3.8, 4) is 17.2 Å². The molecule has 6 rings (SSSR count). The molecule has 2 bridgehead atoms. The monoisotopic (exact) mass is 429 g/mol. The van der Waals surface area contributed by atoms with E-state index in [1.165, 1.54) is 16.2 Å². The van der Waals surface area contributed by atoms with Crippen molar-refractivity contribution in [3.63, 3.8) is 0 Å². The maximum Gasteiger partial charge on any atom is 0.255 e. The van der Waals surface area contributed by atoms with Gasteiger partial charge in [-0.1, -0.05) is 17.7 Å². The molecule has 1 amide bonds. The summed E-state index contributed by atoms with van der Waals surface area (Å²) in [5.41, 5.74) is 2.16. The third-order valence-electron chi connectivity index (χ3n) is 6.52. The number of amides is 1. The Morgan fingerprint density at radius 1 is 0.938 bits per heavy atom. The van der Waals surface area contributed by atoms with Gasteiger partial charge in [0.15, 0.2) is 0 Å². The predicted molar refractivity (Wildman–Crippen MR) is 124 cm³/mol. The molecule has 3 aliphatic heterocycles. The number of carbonyl (C=O) groups excluding carboxylic acids is 1. The van der Waals surface area contributed by atoms with Crippen molar-refractivity contribution in [2.75, 3.05) is 19.6 Å². The minimum atomic E-state index is -0.184. The Bertz CT molecular complexity index is 1160. The molecule has 164 valence electrons. The van der Waals surface area contributed by atoms with Gasteiger partial charge in [-0.05, 0) is 81.2 Å². The third-order valence-corrected chi connectivity index (χ3v) is 6.52. The first-order chi connectivity index (χ1) is 15.5. The average Bonchev–Trinajstić information content (AvgIpc) is 2.82. The van der Waals surface area contributed by atoms with Gasteiger partial charge in [0, 0.05) is 30.5 Å². The summed E-state index contributed by atoms with van der Waals surface area (Å²) in [6, 6.07) is 18.3. The Hall–Kier alpha value is -3.38. The fourth-order valence-corrected chi connectivity index (χ4v) is 4.62. The highest BCUT2D eigenvalue weighted by Crippen LogP contribution is 2.28. The highest BCUT2D eigenvalue weighted by Gasteiger charge is 2.35. The van der Waals surface area contributed by atoms with Gasteiger partial charge >= 0.3 is 0 Å². The van der Waals surface area contributed by atoms with Crippen LogP contribution in [-0.2, 0) is 0 Å². The topological polar surface area (TPSA) is 63.6 Å². The Kier molecular flexibility index (Phi) is 5.53. The molecule has 3 saturated heterocycles. The Morgan fingerprint density at radius 2 is 1.59 bits per heavy atom. The lowest BCUT2D eigenvalue weighted by Gasteiger charge is -2.44. The van der Waals surface area contributed by atoms with E-state index in [-0.39, 0.29) is 17.5 Å². The lowest BCUT2D eigenvalue weighted by molar-refractivity contribution is 0.0620. The fourth-order valence-electron chi connectivity index (χ4n) is 4.62. The number of nitrogens with one attached hydrogen (secondary N) is 1. The van der Waals surface area contributed by atoms with E-state index in [0.29, 0.717) is 22.9 Å². The molecule has 1 unspecified atom stereocenters. The number of ether oxygens (including phenoxy) is 1. The first-order valence-corrected chi connectivity index (χ1v) is 11.2. The van der Waals surface area contributed by atoms with Crippen LogP contribution in [0.1, 0.15) is 28.8 Å². The van der Waals surface area contributed by atoms with Gasteiger partial charge in [-0.3, -0.25) is 14.2 Å². The van der Waals surface area contributed by atoms with Gasteiger partial charge < -0.3 is 15.0 Å². The predicted octanol–water partition coefficient (Wildman–Crippen LogP) is 3.76. The lowest BCUT2D eigenvalue weighted by Crippen LogP contribution is -2.57. The number of carbonyl (C=O) groups is 1. The van der Waals surface area contributed by atoms with Crippen LogP contribution in [0.3, 0.4) is 0 Å². The third kappa shape index (κ3) is 4.32. The zero-order chi connectivity index (χ0) is 22.1. The summed E-state index contributed by atoms with van der Waals surface area (Å²) < 4.78 is 7.37. The van der Waals surface area contributed by atoms with Crippen molar-refractivity contribution < 1.29 is 9.53 Å². The minimum absolute atomic E-state index is 0.128. The SMILES string of the molecule is Cc1ccc(Oc2ccc(-n3cc(C(=O)NC4CN5CCC4CC5)ccc3=O)cc2)cc1. The first kappa shape index (κ1) is 20.5. The number of piperidine rings is 3. The molecular formula is C26H27N3O3. The van der Waals surface area contributed by atoms with Gasteiger partial charge in [-0.2, -0.15) is 0 Å². The highest BCUT2D eigenvalue weighted by atomic mass is 16.5. The smallest absolute Gasteiger partial charge is 0.255 e. The second kappa shape index (κ2) is 8.63.